The predicted molar refractivity (Wildman–Crippen MR) is 77.2 cm³/mol. The minimum atomic E-state index is 0.647. The van der Waals surface area contributed by atoms with Crippen LogP contribution in [-0.2, 0) is 4.74 Å². The van der Waals surface area contributed by atoms with Gasteiger partial charge in [-0.2, -0.15) is 0 Å². The fraction of sp³-hybridized carbons (Fsp3) is 1.00. The molecule has 2 aliphatic heterocycles. The average molecular weight is 267 g/mol. The van der Waals surface area contributed by atoms with Gasteiger partial charge >= 0.3 is 0 Å². The van der Waals surface area contributed by atoms with E-state index in [1.165, 1.54) is 45.2 Å². The number of nitrogens with zero attached hydrogens (tertiary/aromatic N) is 2. The smallest absolute Gasteiger partial charge is 0.0594 e. The van der Waals surface area contributed by atoms with Crippen LogP contribution in [0.3, 0.4) is 0 Å². The third-order valence-corrected chi connectivity index (χ3v) is 5.41. The molecule has 2 N–H and O–H groups in total. The lowest BCUT2D eigenvalue weighted by Gasteiger charge is -2.35. The number of nitrogens with two attached hydrogens (primary N) is 1. The molecule has 0 aromatic rings. The van der Waals surface area contributed by atoms with Crippen LogP contribution in [0.1, 0.15) is 32.1 Å². The summed E-state index contributed by atoms with van der Waals surface area (Å²) in [6.07, 6.45) is 6.97. The molecule has 110 valence electrons. The Morgan fingerprint density at radius 3 is 2.47 bits per heavy atom. The Hall–Kier alpha value is -0.160. The highest BCUT2D eigenvalue weighted by molar-refractivity contribution is 4.91. The van der Waals surface area contributed by atoms with Gasteiger partial charge in [0.1, 0.15) is 0 Å². The van der Waals surface area contributed by atoms with E-state index in [2.05, 4.69) is 9.80 Å². The number of hydrogen-bond donors (Lipinski definition) is 1. The Kier molecular flexibility index (Phi) is 4.74. The Balaban J connectivity index is 1.54. The molecule has 2 unspecified atom stereocenters. The molecule has 2 atom stereocenters. The van der Waals surface area contributed by atoms with E-state index >= 15 is 0 Å². The first-order chi connectivity index (χ1) is 9.38. The SMILES string of the molecule is NCC(C1CCCC1)N1CCC(N2CCOCC2)C1. The first-order valence-electron chi connectivity index (χ1n) is 8.14. The molecule has 2 heterocycles. The van der Waals surface area contributed by atoms with Crippen molar-refractivity contribution in [1.82, 2.24) is 9.80 Å². The molecule has 3 aliphatic rings. The predicted octanol–water partition coefficient (Wildman–Crippen LogP) is 0.910. The monoisotopic (exact) mass is 267 g/mol. The van der Waals surface area contributed by atoms with Gasteiger partial charge in [-0.1, -0.05) is 12.8 Å². The summed E-state index contributed by atoms with van der Waals surface area (Å²) < 4.78 is 5.46. The van der Waals surface area contributed by atoms with Gasteiger partial charge in [-0.15, -0.1) is 0 Å². The van der Waals surface area contributed by atoms with Crippen molar-refractivity contribution in [3.63, 3.8) is 0 Å². The molecule has 1 aliphatic carbocycles. The molecule has 0 aromatic carbocycles. The zero-order valence-electron chi connectivity index (χ0n) is 12.1. The van der Waals surface area contributed by atoms with Crippen molar-refractivity contribution in [1.29, 1.82) is 0 Å². The highest BCUT2D eigenvalue weighted by Gasteiger charge is 2.35. The van der Waals surface area contributed by atoms with E-state index in [9.17, 15) is 0 Å². The van der Waals surface area contributed by atoms with Crippen LogP contribution < -0.4 is 5.73 Å². The Morgan fingerprint density at radius 1 is 1.05 bits per heavy atom. The number of likely N-dealkylation sites (tertiary alicyclic amines) is 1. The maximum Gasteiger partial charge on any atom is 0.0594 e. The van der Waals surface area contributed by atoms with E-state index < -0.39 is 0 Å². The standard InChI is InChI=1S/C15H29N3O/c16-11-15(13-3-1-2-4-13)18-6-5-14(12-18)17-7-9-19-10-8-17/h13-15H,1-12,16H2. The van der Waals surface area contributed by atoms with E-state index in [1.54, 1.807) is 0 Å². The van der Waals surface area contributed by atoms with Crippen molar-refractivity contribution in [3.05, 3.63) is 0 Å². The summed E-state index contributed by atoms with van der Waals surface area (Å²) in [5.41, 5.74) is 6.08. The third kappa shape index (κ3) is 3.13. The Labute approximate surface area is 117 Å². The molecule has 19 heavy (non-hydrogen) atoms. The minimum absolute atomic E-state index is 0.647. The lowest BCUT2D eigenvalue weighted by molar-refractivity contribution is 0.0169. The van der Waals surface area contributed by atoms with Crippen molar-refractivity contribution in [3.8, 4) is 0 Å². The molecule has 0 spiro atoms. The van der Waals surface area contributed by atoms with Gasteiger partial charge in [-0.25, -0.2) is 0 Å². The van der Waals surface area contributed by atoms with Gasteiger partial charge in [0.05, 0.1) is 13.2 Å². The topological polar surface area (TPSA) is 41.7 Å². The number of morpholine rings is 1. The zero-order chi connectivity index (χ0) is 13.1. The summed E-state index contributed by atoms with van der Waals surface area (Å²) in [4.78, 5) is 5.32. The van der Waals surface area contributed by atoms with Crippen LogP contribution in [0.2, 0.25) is 0 Å². The van der Waals surface area contributed by atoms with Crippen LogP contribution in [0.15, 0.2) is 0 Å². The second-order valence-electron chi connectivity index (χ2n) is 6.43. The van der Waals surface area contributed by atoms with E-state index in [1.807, 2.05) is 0 Å². The molecule has 3 fully saturated rings. The van der Waals surface area contributed by atoms with Crippen LogP contribution in [0.25, 0.3) is 0 Å². The number of ether oxygens (including phenoxy) is 1. The lowest BCUT2D eigenvalue weighted by atomic mass is 9.97. The molecule has 4 heteroatoms. The highest BCUT2D eigenvalue weighted by atomic mass is 16.5. The van der Waals surface area contributed by atoms with Gasteiger partial charge in [-0.3, -0.25) is 9.80 Å². The molecular weight excluding hydrogens is 238 g/mol. The third-order valence-electron chi connectivity index (χ3n) is 5.41. The first-order valence-corrected chi connectivity index (χ1v) is 8.14. The Morgan fingerprint density at radius 2 is 1.79 bits per heavy atom. The number of rotatable bonds is 4. The van der Waals surface area contributed by atoms with Gasteiger partial charge in [0.25, 0.3) is 0 Å². The molecular formula is C15H29N3O. The number of hydrogen-bond acceptors (Lipinski definition) is 4. The molecule has 0 bridgehead atoms. The van der Waals surface area contributed by atoms with Gasteiger partial charge in [0.2, 0.25) is 0 Å². The summed E-state index contributed by atoms with van der Waals surface area (Å²) in [6.45, 7) is 7.41. The summed E-state index contributed by atoms with van der Waals surface area (Å²) >= 11 is 0. The fourth-order valence-corrected chi connectivity index (χ4v) is 4.29. The summed E-state index contributed by atoms with van der Waals surface area (Å²) in [6, 6.07) is 1.40. The van der Waals surface area contributed by atoms with E-state index in [-0.39, 0.29) is 0 Å². The van der Waals surface area contributed by atoms with Gasteiger partial charge in [-0.05, 0) is 25.2 Å². The van der Waals surface area contributed by atoms with E-state index in [0.29, 0.717) is 6.04 Å². The quantitative estimate of drug-likeness (QED) is 0.822. The molecule has 4 nitrogen and oxygen atoms in total. The van der Waals surface area contributed by atoms with Crippen LogP contribution in [-0.4, -0.2) is 67.8 Å². The van der Waals surface area contributed by atoms with E-state index in [0.717, 1.165) is 44.8 Å². The molecule has 1 saturated carbocycles. The maximum atomic E-state index is 6.08. The second-order valence-corrected chi connectivity index (χ2v) is 6.43. The first kappa shape index (κ1) is 13.8. The normalized spacial score (nSPS) is 33.0. The molecule has 2 saturated heterocycles. The summed E-state index contributed by atoms with van der Waals surface area (Å²) in [7, 11) is 0. The molecule has 0 aromatic heterocycles. The van der Waals surface area contributed by atoms with Crippen LogP contribution in [0, 0.1) is 5.92 Å². The van der Waals surface area contributed by atoms with Gasteiger partial charge < -0.3 is 10.5 Å². The average Bonchev–Trinajstić information content (AvgIpc) is 3.12. The molecule has 0 amide bonds. The summed E-state index contributed by atoms with van der Waals surface area (Å²) in [5.74, 6) is 0.869. The minimum Gasteiger partial charge on any atom is -0.379 e. The summed E-state index contributed by atoms with van der Waals surface area (Å²) in [5, 5.41) is 0. The van der Waals surface area contributed by atoms with Crippen molar-refractivity contribution < 1.29 is 4.74 Å². The zero-order valence-corrected chi connectivity index (χ0v) is 12.1. The molecule has 3 rings (SSSR count). The van der Waals surface area contributed by atoms with Crippen LogP contribution >= 0.6 is 0 Å². The van der Waals surface area contributed by atoms with Gasteiger partial charge in [0, 0.05) is 44.8 Å². The van der Waals surface area contributed by atoms with Gasteiger partial charge in [0.15, 0.2) is 0 Å². The largest absolute Gasteiger partial charge is 0.379 e. The fourth-order valence-electron chi connectivity index (χ4n) is 4.29. The van der Waals surface area contributed by atoms with Crippen molar-refractivity contribution in [2.24, 2.45) is 11.7 Å². The maximum absolute atomic E-state index is 6.08. The van der Waals surface area contributed by atoms with Crippen LogP contribution in [0.4, 0.5) is 0 Å². The lowest BCUT2D eigenvalue weighted by Crippen LogP contribution is -2.48. The van der Waals surface area contributed by atoms with Crippen molar-refractivity contribution >= 4 is 0 Å². The van der Waals surface area contributed by atoms with Crippen molar-refractivity contribution in [2.75, 3.05) is 45.9 Å². The van der Waals surface area contributed by atoms with Crippen LogP contribution in [0.5, 0.6) is 0 Å². The van der Waals surface area contributed by atoms with Crippen molar-refractivity contribution in [2.45, 2.75) is 44.2 Å². The molecule has 0 radical (unpaired) electrons. The van der Waals surface area contributed by atoms with E-state index in [4.69, 9.17) is 10.5 Å². The second kappa shape index (κ2) is 6.53. The highest BCUT2D eigenvalue weighted by Crippen LogP contribution is 2.32. The Bertz CT molecular complexity index is 275.